The molecular weight excluding hydrogens is 1020 g/mol. The molecule has 2 aliphatic rings. The largest absolute Gasteiger partial charge is 0.391 e. The van der Waals surface area contributed by atoms with Gasteiger partial charge in [0, 0.05) is 52.3 Å². The van der Waals surface area contributed by atoms with Crippen LogP contribution < -0.4 is 16.0 Å². The van der Waals surface area contributed by atoms with E-state index in [4.69, 9.17) is 21.3 Å². The maximum Gasteiger partial charge on any atom is 0.246 e. The number of benzene rings is 3. The van der Waals surface area contributed by atoms with Gasteiger partial charge in [-0.1, -0.05) is 93.0 Å². The number of fused-ring (bicyclic) bond motifs is 3. The molecule has 17 nitrogen and oxygen atoms in total. The lowest BCUT2D eigenvalue weighted by Crippen LogP contribution is -2.58. The molecule has 0 aliphatic carbocycles. The number of nitrogens with zero attached hydrogens (tertiary/aromatic N) is 8. The van der Waals surface area contributed by atoms with Crippen molar-refractivity contribution >= 4 is 63.6 Å². The summed E-state index contributed by atoms with van der Waals surface area (Å²) in [6.45, 7) is 16.0. The number of aliphatic imine (C=N–C) groups is 1. The first-order valence-corrected chi connectivity index (χ1v) is 27.3. The predicted molar refractivity (Wildman–Crippen MR) is 295 cm³/mol. The Labute approximate surface area is 454 Å². The Morgan fingerprint density at radius 2 is 1.61 bits per heavy atom. The molecule has 4 N–H and O–H groups in total. The predicted octanol–water partition coefficient (Wildman–Crippen LogP) is 8.19. The van der Waals surface area contributed by atoms with Gasteiger partial charge in [0.1, 0.15) is 35.6 Å². The zero-order chi connectivity index (χ0) is 54.0. The lowest BCUT2D eigenvalue weighted by atomic mass is 9.85. The molecule has 6 heterocycles. The van der Waals surface area contributed by atoms with Gasteiger partial charge in [0.25, 0.3) is 0 Å². The van der Waals surface area contributed by atoms with E-state index in [0.717, 1.165) is 71.6 Å². The molecule has 1 fully saturated rings. The fourth-order valence-electron chi connectivity index (χ4n) is 9.60. The standard InChI is InChI=1S/C56H62ClN11O6S2/c1-31-34(4)76-55-48(31)49(39-17-19-42(57)20-18-39)62-44(52-65-64-35(5)68(52)55)24-46(70)61-32(2)37-13-15-38(16-14-37)41-26-60-66(27-41)21-22-74-29-47(71)63-51(56(6,7)8)54(73)67-28-43(69)23-45(67)53(72)58-25-36-9-11-40(12-10-36)50-33(3)59-30-75-50/h9-20,26-27,30,32,43-45,51,69H,21-25,28-29H2,1-8H3,(H,58,72)(H,61,70)(H,63,71)/t32-,43-,44+,45+,51?/m1/s1. The van der Waals surface area contributed by atoms with Crippen LogP contribution in [0, 0.1) is 33.1 Å². The van der Waals surface area contributed by atoms with Gasteiger partial charge >= 0.3 is 0 Å². The number of β-amino-alcohol motifs (C(OH)–C–C–N with tert-alkyl or cyclic N) is 1. The molecule has 20 heteroatoms. The number of rotatable bonds is 17. The third kappa shape index (κ3) is 11.9. The molecule has 0 saturated carbocycles. The zero-order valence-corrected chi connectivity index (χ0v) is 46.1. The SMILES string of the molecule is Cc1ncsc1-c1ccc(CNC(=O)[C@@H]2C[C@@H](O)CN2C(=O)C(NC(=O)COCCn2cc(-c3ccc([C@@H](C)NC(=O)C[C@@H]4N=C(c5ccc(Cl)cc5)c5c(sc(C)c5C)-n5c(C)nnc54)cc3)cn2)C(C)(C)C)cc1. The van der Waals surface area contributed by atoms with Crippen LogP contribution in [0.5, 0.6) is 0 Å². The van der Waals surface area contributed by atoms with Gasteiger partial charge < -0.3 is 30.7 Å². The average Bonchev–Trinajstić information content (AvgIpc) is 4.25. The van der Waals surface area contributed by atoms with Crippen LogP contribution >= 0.6 is 34.3 Å². The highest BCUT2D eigenvalue weighted by Crippen LogP contribution is 2.40. The van der Waals surface area contributed by atoms with E-state index in [1.54, 1.807) is 33.6 Å². The molecular formula is C56H62ClN11O6S2. The lowest BCUT2D eigenvalue weighted by molar-refractivity contribution is -0.144. The van der Waals surface area contributed by atoms with E-state index in [9.17, 15) is 24.3 Å². The summed E-state index contributed by atoms with van der Waals surface area (Å²) in [5, 5.41) is 34.7. The van der Waals surface area contributed by atoms with E-state index < -0.39 is 41.5 Å². The number of aryl methyl sites for hydroxylation is 3. The monoisotopic (exact) mass is 1080 g/mol. The highest BCUT2D eigenvalue weighted by atomic mass is 35.5. The molecule has 1 saturated heterocycles. The first-order valence-electron chi connectivity index (χ1n) is 25.2. The van der Waals surface area contributed by atoms with Crippen LogP contribution in [-0.4, -0.2) is 107 Å². The summed E-state index contributed by atoms with van der Waals surface area (Å²) in [5.74, 6) is -0.152. The Kier molecular flexibility index (Phi) is 16.1. The third-order valence-corrected chi connectivity index (χ3v) is 16.3. The fraction of sp³-hybridized carbons (Fsp3) is 0.375. The topological polar surface area (TPSA) is 211 Å². The number of hydrogen-bond donors (Lipinski definition) is 4. The van der Waals surface area contributed by atoms with E-state index in [-0.39, 0.29) is 57.0 Å². The Bertz CT molecular complexity index is 3280. The first-order chi connectivity index (χ1) is 36.3. The van der Waals surface area contributed by atoms with E-state index >= 15 is 0 Å². The highest BCUT2D eigenvalue weighted by Gasteiger charge is 2.44. The van der Waals surface area contributed by atoms with Crippen molar-refractivity contribution in [3.05, 3.63) is 146 Å². The van der Waals surface area contributed by atoms with Crippen molar-refractivity contribution in [1.29, 1.82) is 0 Å². The van der Waals surface area contributed by atoms with Crippen LogP contribution in [0.1, 0.15) is 103 Å². The van der Waals surface area contributed by atoms with Gasteiger partial charge in [-0.05, 0) is 80.0 Å². The van der Waals surface area contributed by atoms with E-state index in [0.29, 0.717) is 17.4 Å². The van der Waals surface area contributed by atoms with E-state index in [1.165, 1.54) is 9.78 Å². The quantitative estimate of drug-likeness (QED) is 0.0643. The Hall–Kier alpha value is -6.90. The number of halogens is 1. The molecule has 2 aliphatic heterocycles. The normalized spacial score (nSPS) is 17.1. The smallest absolute Gasteiger partial charge is 0.246 e. The van der Waals surface area contributed by atoms with Crippen LogP contribution in [0.4, 0.5) is 0 Å². The Balaban J connectivity index is 0.753. The minimum atomic E-state index is -0.986. The average molecular weight is 1080 g/mol. The summed E-state index contributed by atoms with van der Waals surface area (Å²) in [5.41, 5.74) is 10.5. The molecule has 0 spiro atoms. The van der Waals surface area contributed by atoms with Crippen LogP contribution in [0.3, 0.4) is 0 Å². The summed E-state index contributed by atoms with van der Waals surface area (Å²) in [6, 6.07) is 20.6. The maximum absolute atomic E-state index is 14.1. The van der Waals surface area contributed by atoms with Crippen LogP contribution in [0.15, 0.2) is 95.7 Å². The first kappa shape index (κ1) is 53.9. The molecule has 7 aromatic rings. The van der Waals surface area contributed by atoms with Gasteiger partial charge in [-0.3, -0.25) is 33.4 Å². The van der Waals surface area contributed by atoms with Crippen molar-refractivity contribution in [2.75, 3.05) is 19.8 Å². The Morgan fingerprint density at radius 3 is 2.30 bits per heavy atom. The molecule has 76 heavy (non-hydrogen) atoms. The van der Waals surface area contributed by atoms with E-state index in [2.05, 4.69) is 50.1 Å². The number of thiazole rings is 1. The highest BCUT2D eigenvalue weighted by molar-refractivity contribution is 7.15. The second-order valence-corrected chi connectivity index (χ2v) is 23.0. The number of carbonyl (C=O) groups excluding carboxylic acids is 4. The number of ether oxygens (including phenoxy) is 1. The van der Waals surface area contributed by atoms with Gasteiger partial charge in [0.15, 0.2) is 5.82 Å². The fourth-order valence-corrected chi connectivity index (χ4v) is 11.7. The van der Waals surface area contributed by atoms with Crippen molar-refractivity contribution in [1.82, 2.24) is 50.4 Å². The number of aliphatic hydroxyl groups excluding tert-OH is 1. The summed E-state index contributed by atoms with van der Waals surface area (Å²) >= 11 is 9.52. The van der Waals surface area contributed by atoms with Crippen molar-refractivity contribution < 1.29 is 29.0 Å². The van der Waals surface area contributed by atoms with Gasteiger partial charge in [0.05, 0.1) is 59.7 Å². The molecule has 396 valence electrons. The number of likely N-dealkylation sites (tertiary alicyclic amines) is 1. The van der Waals surface area contributed by atoms with E-state index in [1.807, 2.05) is 131 Å². The van der Waals surface area contributed by atoms with Crippen LogP contribution in [0.25, 0.3) is 26.6 Å². The lowest BCUT2D eigenvalue weighted by Gasteiger charge is -2.35. The van der Waals surface area contributed by atoms with Gasteiger partial charge in [-0.25, -0.2) is 4.98 Å². The molecule has 9 rings (SSSR count). The number of thiophene rings is 1. The van der Waals surface area contributed by atoms with Crippen molar-refractivity contribution in [2.24, 2.45) is 10.4 Å². The number of aromatic nitrogens is 6. The number of hydrogen-bond acceptors (Lipinski definition) is 13. The molecule has 3 aromatic carbocycles. The molecule has 4 amide bonds. The number of amides is 4. The number of carbonyl (C=O) groups is 4. The minimum absolute atomic E-state index is 0.0271. The molecule has 0 bridgehead atoms. The maximum atomic E-state index is 14.1. The van der Waals surface area contributed by atoms with Gasteiger partial charge in [0.2, 0.25) is 23.6 Å². The van der Waals surface area contributed by atoms with Crippen LogP contribution in [-0.2, 0) is 37.0 Å². The second-order valence-electron chi connectivity index (χ2n) is 20.5. The van der Waals surface area contributed by atoms with Gasteiger partial charge in [-0.2, -0.15) is 5.10 Å². The van der Waals surface area contributed by atoms with Crippen LogP contribution in [0.2, 0.25) is 5.02 Å². The summed E-state index contributed by atoms with van der Waals surface area (Å²) in [4.78, 5) is 67.9. The number of aliphatic hydroxyl groups is 1. The molecule has 4 aromatic heterocycles. The Morgan fingerprint density at radius 1 is 0.895 bits per heavy atom. The molecule has 1 unspecified atom stereocenters. The van der Waals surface area contributed by atoms with Crippen molar-refractivity contribution in [3.63, 3.8) is 0 Å². The summed E-state index contributed by atoms with van der Waals surface area (Å²) < 4.78 is 9.52. The zero-order valence-electron chi connectivity index (χ0n) is 43.8. The van der Waals surface area contributed by atoms with Crippen molar-refractivity contribution in [2.45, 2.75) is 112 Å². The number of nitrogens with one attached hydrogen (secondary N) is 3. The third-order valence-electron chi connectivity index (χ3n) is 13.9. The van der Waals surface area contributed by atoms with Crippen molar-refractivity contribution in [3.8, 4) is 26.6 Å². The summed E-state index contributed by atoms with van der Waals surface area (Å²) in [7, 11) is 0. The summed E-state index contributed by atoms with van der Waals surface area (Å²) in [6.07, 6.45) is 2.91. The van der Waals surface area contributed by atoms with Gasteiger partial charge in [-0.15, -0.1) is 32.9 Å². The molecule has 0 radical (unpaired) electrons. The molecule has 5 atom stereocenters. The minimum Gasteiger partial charge on any atom is -0.391 e. The second kappa shape index (κ2) is 22.7.